The third kappa shape index (κ3) is 7.08. The van der Waals surface area contributed by atoms with Gasteiger partial charge in [0.2, 0.25) is 17.7 Å². The Bertz CT molecular complexity index is 1330. The monoisotopic (exact) mass is 715 g/mol. The number of halogens is 1. The van der Waals surface area contributed by atoms with Gasteiger partial charge in [-0.3, -0.25) is 19.2 Å². The number of likely N-dealkylation sites (tertiary alicyclic amines) is 1. The van der Waals surface area contributed by atoms with Gasteiger partial charge < -0.3 is 29.3 Å². The molecule has 258 valence electrons. The zero-order valence-electron chi connectivity index (χ0n) is 28.3. The van der Waals surface area contributed by atoms with Crippen LogP contribution in [0.3, 0.4) is 0 Å². The first-order valence-electron chi connectivity index (χ1n) is 16.5. The van der Waals surface area contributed by atoms with E-state index in [-0.39, 0.29) is 48.7 Å². The molecule has 10 nitrogen and oxygen atoms in total. The van der Waals surface area contributed by atoms with Crippen LogP contribution >= 0.6 is 15.9 Å². The molecule has 2 bridgehead atoms. The van der Waals surface area contributed by atoms with E-state index in [0.29, 0.717) is 31.2 Å². The highest BCUT2D eigenvalue weighted by molar-refractivity contribution is 9.09. The van der Waals surface area contributed by atoms with Crippen LogP contribution in [-0.4, -0.2) is 104 Å². The Balaban J connectivity index is 1.72. The highest BCUT2D eigenvalue weighted by Crippen LogP contribution is 2.60. The molecular weight excluding hydrogens is 666 g/mol. The topological polar surface area (TPSA) is 117 Å². The SMILES string of the molecule is C=CCCC(=O)N(C)[C@@H](C)[C@@H](OC(=O)[C@H]1[C@@H]2O[C@@]3(CC2Br)[C@@H]1C(=O)N(CCCCO)[C@@H]3C(=O)N(CC=C)C(C)(C)C)c1ccccc1. The average molecular weight is 717 g/mol. The number of carbonyl (C=O) groups is 4. The Hall–Kier alpha value is -3.02. The van der Waals surface area contributed by atoms with Crippen molar-refractivity contribution in [2.45, 2.75) is 100 Å². The summed E-state index contributed by atoms with van der Waals surface area (Å²) in [5, 5.41) is 9.49. The summed E-state index contributed by atoms with van der Waals surface area (Å²) >= 11 is 3.73. The number of rotatable bonds is 15. The molecule has 3 amide bonds. The molecule has 1 spiro atoms. The molecule has 3 fully saturated rings. The third-order valence-corrected chi connectivity index (χ3v) is 10.7. The lowest BCUT2D eigenvalue weighted by Gasteiger charge is -2.42. The molecule has 1 N–H and O–H groups in total. The molecule has 0 radical (unpaired) electrons. The Kier molecular flexibility index (Phi) is 11.8. The number of unbranched alkanes of at least 4 members (excludes halogenated alkanes) is 1. The predicted octanol–water partition coefficient (Wildman–Crippen LogP) is 4.42. The van der Waals surface area contributed by atoms with Crippen molar-refractivity contribution < 1.29 is 33.8 Å². The van der Waals surface area contributed by atoms with Gasteiger partial charge in [0.15, 0.2) is 0 Å². The van der Waals surface area contributed by atoms with Gasteiger partial charge in [-0.25, -0.2) is 0 Å². The molecule has 3 aliphatic heterocycles. The van der Waals surface area contributed by atoms with E-state index in [1.807, 2.05) is 58.0 Å². The summed E-state index contributed by atoms with van der Waals surface area (Å²) in [7, 11) is 1.69. The molecule has 1 aromatic rings. The van der Waals surface area contributed by atoms with Crippen molar-refractivity contribution in [1.29, 1.82) is 0 Å². The molecule has 3 heterocycles. The van der Waals surface area contributed by atoms with E-state index >= 15 is 0 Å². The minimum Gasteiger partial charge on any atom is -0.455 e. The van der Waals surface area contributed by atoms with Crippen LogP contribution in [0.15, 0.2) is 55.6 Å². The predicted molar refractivity (Wildman–Crippen MR) is 182 cm³/mol. The van der Waals surface area contributed by atoms with Gasteiger partial charge in [-0.1, -0.05) is 58.4 Å². The van der Waals surface area contributed by atoms with Crippen molar-refractivity contribution in [1.82, 2.24) is 14.7 Å². The lowest BCUT2D eigenvalue weighted by molar-refractivity contribution is -0.164. The van der Waals surface area contributed by atoms with Crippen LogP contribution in [0.5, 0.6) is 0 Å². The standard InChI is InChI=1S/C36H50BrN3O7/c1-8-10-18-26(42)38(7)23(3)29(24-16-12-11-13-17-24)46-34(45)27-28-32(43)39(20-14-15-21-41)31(36(28)22-25(37)30(27)47-36)33(44)40(19-9-2)35(4,5)6/h8-9,11-13,16-17,23,25,27-31,41H,1-2,10,14-15,18-22H2,3-7H3/t23-,25?,27+,28-,29+,30+,31+,36-/m0/s1. The number of aliphatic hydroxyl groups excluding tert-OH is 1. The second kappa shape index (κ2) is 15.0. The van der Waals surface area contributed by atoms with Gasteiger partial charge in [-0.15, -0.1) is 13.2 Å². The first-order chi connectivity index (χ1) is 22.2. The van der Waals surface area contributed by atoms with Gasteiger partial charge in [0.25, 0.3) is 0 Å². The number of allylic oxidation sites excluding steroid dienone is 1. The minimum absolute atomic E-state index is 0.0413. The van der Waals surface area contributed by atoms with Gasteiger partial charge in [-0.2, -0.15) is 0 Å². The van der Waals surface area contributed by atoms with E-state index < -0.39 is 53.2 Å². The Morgan fingerprint density at radius 2 is 1.87 bits per heavy atom. The molecule has 4 rings (SSSR count). The van der Waals surface area contributed by atoms with Crippen LogP contribution in [0.25, 0.3) is 0 Å². The van der Waals surface area contributed by atoms with Gasteiger partial charge in [0.05, 0.1) is 24.0 Å². The number of carbonyl (C=O) groups excluding carboxylic acids is 4. The van der Waals surface area contributed by atoms with Crippen molar-refractivity contribution >= 4 is 39.6 Å². The first kappa shape index (κ1) is 36.8. The van der Waals surface area contributed by atoms with Crippen LogP contribution in [0.2, 0.25) is 0 Å². The Morgan fingerprint density at radius 3 is 2.47 bits per heavy atom. The molecule has 11 heteroatoms. The number of likely N-dealkylation sites (N-methyl/N-ethyl adjacent to an activating group) is 1. The molecule has 0 aliphatic carbocycles. The smallest absolute Gasteiger partial charge is 0.313 e. The number of aliphatic hydroxyl groups is 1. The highest BCUT2D eigenvalue weighted by Gasteiger charge is 2.77. The minimum atomic E-state index is -1.24. The molecule has 1 aromatic carbocycles. The van der Waals surface area contributed by atoms with E-state index in [1.165, 1.54) is 0 Å². The highest BCUT2D eigenvalue weighted by atomic mass is 79.9. The molecule has 8 atom stereocenters. The van der Waals surface area contributed by atoms with Gasteiger partial charge in [0, 0.05) is 43.5 Å². The summed E-state index contributed by atoms with van der Waals surface area (Å²) in [6.07, 6.45) is 3.98. The Labute approximate surface area is 287 Å². The quantitative estimate of drug-likeness (QED) is 0.124. The number of hydrogen-bond donors (Lipinski definition) is 1. The second-order valence-electron chi connectivity index (χ2n) is 13.9. The van der Waals surface area contributed by atoms with Crippen LogP contribution in [0.1, 0.15) is 71.5 Å². The molecule has 3 saturated heterocycles. The van der Waals surface area contributed by atoms with Gasteiger partial charge in [0.1, 0.15) is 17.7 Å². The maximum absolute atomic E-state index is 14.5. The number of benzene rings is 1. The largest absolute Gasteiger partial charge is 0.455 e. The fraction of sp³-hybridized carbons (Fsp3) is 0.611. The molecule has 3 aliphatic rings. The lowest BCUT2D eigenvalue weighted by atomic mass is 9.70. The van der Waals surface area contributed by atoms with E-state index in [4.69, 9.17) is 9.47 Å². The molecule has 0 aromatic heterocycles. The second-order valence-corrected chi connectivity index (χ2v) is 15.1. The van der Waals surface area contributed by atoms with Crippen molar-refractivity contribution in [2.24, 2.45) is 11.8 Å². The van der Waals surface area contributed by atoms with E-state index in [1.54, 1.807) is 33.9 Å². The van der Waals surface area contributed by atoms with Crippen LogP contribution in [0, 0.1) is 11.8 Å². The summed E-state index contributed by atoms with van der Waals surface area (Å²) in [5.41, 5.74) is -1.10. The van der Waals surface area contributed by atoms with Crippen molar-refractivity contribution in [3.63, 3.8) is 0 Å². The summed E-state index contributed by atoms with van der Waals surface area (Å²) in [6, 6.07) is 7.77. The van der Waals surface area contributed by atoms with Crippen LogP contribution in [0.4, 0.5) is 0 Å². The van der Waals surface area contributed by atoms with E-state index in [9.17, 15) is 24.3 Å². The number of alkyl halides is 1. The lowest BCUT2D eigenvalue weighted by Crippen LogP contribution is -2.60. The fourth-order valence-corrected chi connectivity index (χ4v) is 8.35. The fourth-order valence-electron chi connectivity index (χ4n) is 7.41. The zero-order chi connectivity index (χ0) is 34.7. The number of ether oxygens (including phenoxy) is 2. The normalized spacial score (nSPS) is 27.6. The van der Waals surface area contributed by atoms with E-state index in [2.05, 4.69) is 29.1 Å². The summed E-state index contributed by atoms with van der Waals surface area (Å²) in [4.78, 5) is 60.9. The summed E-state index contributed by atoms with van der Waals surface area (Å²) in [5.74, 6) is -3.19. The maximum Gasteiger partial charge on any atom is 0.313 e. The number of nitrogens with zero attached hydrogens (tertiary/aromatic N) is 3. The number of amides is 3. The number of fused-ring (bicyclic) bond motifs is 1. The summed E-state index contributed by atoms with van der Waals surface area (Å²) < 4.78 is 13.0. The van der Waals surface area contributed by atoms with Crippen molar-refractivity contribution in [3.8, 4) is 0 Å². The van der Waals surface area contributed by atoms with E-state index in [0.717, 1.165) is 0 Å². The number of hydrogen-bond acceptors (Lipinski definition) is 7. The van der Waals surface area contributed by atoms with Crippen molar-refractivity contribution in [2.75, 3.05) is 26.7 Å². The van der Waals surface area contributed by atoms with Gasteiger partial charge >= 0.3 is 5.97 Å². The zero-order valence-corrected chi connectivity index (χ0v) is 29.9. The average Bonchev–Trinajstić information content (AvgIpc) is 3.63. The molecule has 0 saturated carbocycles. The molecular formula is C36H50BrN3O7. The number of esters is 1. The van der Waals surface area contributed by atoms with Crippen molar-refractivity contribution in [3.05, 3.63) is 61.2 Å². The summed E-state index contributed by atoms with van der Waals surface area (Å²) in [6.45, 7) is 15.7. The van der Waals surface area contributed by atoms with Gasteiger partial charge in [-0.05, 0) is 58.9 Å². The van der Waals surface area contributed by atoms with Crippen LogP contribution in [-0.2, 0) is 28.7 Å². The Morgan fingerprint density at radius 1 is 1.19 bits per heavy atom. The van der Waals surface area contributed by atoms with Crippen LogP contribution < -0.4 is 0 Å². The third-order valence-electron chi connectivity index (χ3n) is 9.87. The maximum atomic E-state index is 14.5. The molecule has 1 unspecified atom stereocenters. The molecule has 47 heavy (non-hydrogen) atoms. The first-order valence-corrected chi connectivity index (χ1v) is 17.4.